The second kappa shape index (κ2) is 4.27. The summed E-state index contributed by atoms with van der Waals surface area (Å²) >= 11 is 0. The molecule has 0 saturated heterocycles. The first kappa shape index (κ1) is 9.27. The SMILES string of the molecule is C#CC[n+]1cccc(C(=O)OC)c1. The van der Waals surface area contributed by atoms with Crippen molar-refractivity contribution in [3.05, 3.63) is 30.1 Å². The van der Waals surface area contributed by atoms with Gasteiger partial charge in [0.15, 0.2) is 12.4 Å². The van der Waals surface area contributed by atoms with Crippen LogP contribution in [0.3, 0.4) is 0 Å². The third-order valence-electron chi connectivity index (χ3n) is 1.55. The van der Waals surface area contributed by atoms with Crippen LogP contribution in [-0.2, 0) is 11.3 Å². The van der Waals surface area contributed by atoms with Gasteiger partial charge in [0.1, 0.15) is 5.56 Å². The molecule has 66 valence electrons. The maximum atomic E-state index is 11.1. The summed E-state index contributed by atoms with van der Waals surface area (Å²) < 4.78 is 6.31. The first-order valence-electron chi connectivity index (χ1n) is 3.79. The lowest BCUT2D eigenvalue weighted by Crippen LogP contribution is -2.33. The predicted molar refractivity (Wildman–Crippen MR) is 46.8 cm³/mol. The van der Waals surface area contributed by atoms with Gasteiger partial charge in [-0.1, -0.05) is 0 Å². The van der Waals surface area contributed by atoms with E-state index in [1.54, 1.807) is 29.1 Å². The Morgan fingerprint density at radius 3 is 3.15 bits per heavy atom. The molecule has 0 radical (unpaired) electrons. The van der Waals surface area contributed by atoms with Gasteiger partial charge >= 0.3 is 5.97 Å². The monoisotopic (exact) mass is 176 g/mol. The van der Waals surface area contributed by atoms with Gasteiger partial charge in [-0.05, 0) is 12.0 Å². The highest BCUT2D eigenvalue weighted by Gasteiger charge is 2.09. The number of rotatable bonds is 2. The van der Waals surface area contributed by atoms with Crippen LogP contribution in [0.4, 0.5) is 0 Å². The molecule has 0 aliphatic heterocycles. The van der Waals surface area contributed by atoms with Crippen molar-refractivity contribution >= 4 is 5.97 Å². The molecule has 0 spiro atoms. The Morgan fingerprint density at radius 1 is 1.77 bits per heavy atom. The van der Waals surface area contributed by atoms with Crippen LogP contribution in [0.1, 0.15) is 10.4 Å². The molecule has 1 aromatic rings. The molecule has 0 aromatic carbocycles. The normalized spacial score (nSPS) is 8.92. The summed E-state index contributed by atoms with van der Waals surface area (Å²) in [6.45, 7) is 0.449. The van der Waals surface area contributed by atoms with E-state index in [9.17, 15) is 4.79 Å². The first-order valence-corrected chi connectivity index (χ1v) is 3.79. The molecule has 0 bridgehead atoms. The van der Waals surface area contributed by atoms with E-state index >= 15 is 0 Å². The Morgan fingerprint density at radius 2 is 2.54 bits per heavy atom. The van der Waals surface area contributed by atoms with Gasteiger partial charge in [-0.15, -0.1) is 6.42 Å². The van der Waals surface area contributed by atoms with Gasteiger partial charge in [0.25, 0.3) is 0 Å². The van der Waals surface area contributed by atoms with Crippen molar-refractivity contribution in [1.82, 2.24) is 0 Å². The summed E-state index contributed by atoms with van der Waals surface area (Å²) in [5.41, 5.74) is 0.500. The summed E-state index contributed by atoms with van der Waals surface area (Å²) in [6, 6.07) is 3.43. The molecule has 13 heavy (non-hydrogen) atoms. The number of pyridine rings is 1. The zero-order chi connectivity index (χ0) is 9.68. The average Bonchev–Trinajstić information content (AvgIpc) is 2.18. The molecule has 0 unspecified atom stereocenters. The van der Waals surface area contributed by atoms with Crippen molar-refractivity contribution in [2.45, 2.75) is 6.54 Å². The van der Waals surface area contributed by atoms with E-state index in [4.69, 9.17) is 6.42 Å². The summed E-state index contributed by atoms with van der Waals surface area (Å²) in [4.78, 5) is 11.1. The van der Waals surface area contributed by atoms with E-state index in [1.807, 2.05) is 0 Å². The van der Waals surface area contributed by atoms with Crippen LogP contribution in [0.25, 0.3) is 0 Å². The van der Waals surface area contributed by atoms with E-state index in [-0.39, 0.29) is 5.97 Å². The lowest BCUT2D eigenvalue weighted by molar-refractivity contribution is -0.684. The smallest absolute Gasteiger partial charge is 0.343 e. The number of hydrogen-bond acceptors (Lipinski definition) is 2. The van der Waals surface area contributed by atoms with Crippen LogP contribution in [0.15, 0.2) is 24.5 Å². The highest BCUT2D eigenvalue weighted by Crippen LogP contribution is 1.95. The fourth-order valence-corrected chi connectivity index (χ4v) is 0.964. The highest BCUT2D eigenvalue weighted by molar-refractivity contribution is 5.88. The Balaban J connectivity index is 2.93. The number of nitrogens with zero attached hydrogens (tertiary/aromatic N) is 1. The molecule has 1 heterocycles. The van der Waals surface area contributed by atoms with Gasteiger partial charge in [-0.25, -0.2) is 4.79 Å². The molecule has 0 saturated carbocycles. The molecule has 0 aliphatic rings. The van der Waals surface area contributed by atoms with Crippen LogP contribution in [0.5, 0.6) is 0 Å². The van der Waals surface area contributed by atoms with Crippen molar-refractivity contribution in [2.75, 3.05) is 7.11 Å². The minimum Gasteiger partial charge on any atom is -0.465 e. The Labute approximate surface area is 77.0 Å². The van der Waals surface area contributed by atoms with Crippen LogP contribution in [-0.4, -0.2) is 13.1 Å². The van der Waals surface area contributed by atoms with Gasteiger partial charge in [0.2, 0.25) is 6.54 Å². The van der Waals surface area contributed by atoms with Gasteiger partial charge in [-0.3, -0.25) is 0 Å². The third-order valence-corrected chi connectivity index (χ3v) is 1.55. The zero-order valence-corrected chi connectivity index (χ0v) is 7.36. The molecular weight excluding hydrogens is 166 g/mol. The Kier molecular flexibility index (Phi) is 3.04. The van der Waals surface area contributed by atoms with Crippen molar-refractivity contribution < 1.29 is 14.1 Å². The molecule has 0 atom stereocenters. The Bertz CT molecular complexity index is 352. The van der Waals surface area contributed by atoms with E-state index in [2.05, 4.69) is 10.7 Å². The maximum absolute atomic E-state index is 11.1. The van der Waals surface area contributed by atoms with Crippen LogP contribution in [0, 0.1) is 12.3 Å². The topological polar surface area (TPSA) is 30.2 Å². The molecule has 3 nitrogen and oxygen atoms in total. The number of hydrogen-bond donors (Lipinski definition) is 0. The third kappa shape index (κ3) is 2.31. The van der Waals surface area contributed by atoms with E-state index in [0.29, 0.717) is 12.1 Å². The van der Waals surface area contributed by atoms with Crippen molar-refractivity contribution in [3.8, 4) is 12.3 Å². The Hall–Kier alpha value is -1.82. The minimum atomic E-state index is -0.355. The number of ether oxygens (including phenoxy) is 1. The zero-order valence-electron chi connectivity index (χ0n) is 7.36. The van der Waals surface area contributed by atoms with Crippen molar-refractivity contribution in [3.63, 3.8) is 0 Å². The molecule has 0 N–H and O–H groups in total. The van der Waals surface area contributed by atoms with E-state index in [0.717, 1.165) is 0 Å². The molecule has 0 fully saturated rings. The molecule has 3 heteroatoms. The van der Waals surface area contributed by atoms with Crippen LogP contribution >= 0.6 is 0 Å². The lowest BCUT2D eigenvalue weighted by Gasteiger charge is -1.96. The van der Waals surface area contributed by atoms with Crippen LogP contribution in [0.2, 0.25) is 0 Å². The number of carbonyl (C=O) groups is 1. The quantitative estimate of drug-likeness (QED) is 0.371. The van der Waals surface area contributed by atoms with Crippen molar-refractivity contribution in [2.24, 2.45) is 0 Å². The van der Waals surface area contributed by atoms with Gasteiger partial charge in [0.05, 0.1) is 7.11 Å². The van der Waals surface area contributed by atoms with Crippen molar-refractivity contribution in [1.29, 1.82) is 0 Å². The predicted octanol–water partition coefficient (Wildman–Crippen LogP) is 0.394. The van der Waals surface area contributed by atoms with Gasteiger partial charge < -0.3 is 4.74 Å². The largest absolute Gasteiger partial charge is 0.465 e. The molecule has 0 aliphatic carbocycles. The highest BCUT2D eigenvalue weighted by atomic mass is 16.5. The molecule has 0 amide bonds. The van der Waals surface area contributed by atoms with Crippen LogP contribution < -0.4 is 4.57 Å². The van der Waals surface area contributed by atoms with Gasteiger partial charge in [0, 0.05) is 6.07 Å². The minimum absolute atomic E-state index is 0.355. The van der Waals surface area contributed by atoms with E-state index in [1.165, 1.54) is 7.11 Å². The average molecular weight is 176 g/mol. The first-order chi connectivity index (χ1) is 6.27. The summed E-state index contributed by atoms with van der Waals surface area (Å²) in [5, 5.41) is 0. The number of esters is 1. The number of aromatic nitrogens is 1. The number of methoxy groups -OCH3 is 1. The van der Waals surface area contributed by atoms with Gasteiger partial charge in [-0.2, -0.15) is 4.57 Å². The molecular formula is C10H10NO2+. The second-order valence-corrected chi connectivity index (χ2v) is 2.46. The molecule has 1 aromatic heterocycles. The fourth-order valence-electron chi connectivity index (χ4n) is 0.964. The summed E-state index contributed by atoms with van der Waals surface area (Å²) in [5.74, 6) is 2.12. The number of terminal acetylenes is 1. The lowest BCUT2D eigenvalue weighted by atomic mass is 10.3. The second-order valence-electron chi connectivity index (χ2n) is 2.46. The standard InChI is InChI=1S/C10H10NO2/c1-3-6-11-7-4-5-9(8-11)10(12)13-2/h1,4-5,7-8H,6H2,2H3/q+1. The maximum Gasteiger partial charge on any atom is 0.343 e. The number of carbonyl (C=O) groups excluding carboxylic acids is 1. The summed E-state index contributed by atoms with van der Waals surface area (Å²) in [7, 11) is 1.35. The molecule has 1 rings (SSSR count). The van der Waals surface area contributed by atoms with E-state index < -0.39 is 0 Å². The fraction of sp³-hybridized carbons (Fsp3) is 0.200. The summed E-state index contributed by atoms with van der Waals surface area (Å²) in [6.07, 6.45) is 8.59.